The predicted octanol–water partition coefficient (Wildman–Crippen LogP) is 9.69. The number of nitrogens with zero attached hydrogens (tertiary/aromatic N) is 15. The molecule has 0 bridgehead atoms. The van der Waals surface area contributed by atoms with Crippen molar-refractivity contribution in [1.82, 2.24) is 44.5 Å². The van der Waals surface area contributed by atoms with E-state index in [4.69, 9.17) is 40.1 Å². The summed E-state index contributed by atoms with van der Waals surface area (Å²) in [5.74, 6) is 2.03. The molecule has 7 aliphatic heterocycles. The summed E-state index contributed by atoms with van der Waals surface area (Å²) in [5.41, 5.74) is 17.9. The number of aliphatic hydroxyl groups is 1. The zero-order valence-electron chi connectivity index (χ0n) is 61.9. The highest BCUT2D eigenvalue weighted by atomic mass is 16.5. The van der Waals surface area contributed by atoms with Crippen molar-refractivity contribution in [3.05, 3.63) is 193 Å². The van der Waals surface area contributed by atoms with Crippen molar-refractivity contribution < 1.29 is 39.2 Å². The molecule has 10 heterocycles. The predicted molar refractivity (Wildman–Crippen MR) is 427 cm³/mol. The van der Waals surface area contributed by atoms with Gasteiger partial charge in [-0.1, -0.05) is 106 Å². The number of phenols is 2. The van der Waals surface area contributed by atoms with Gasteiger partial charge in [-0.3, -0.25) is 24.3 Å². The number of anilines is 7. The second-order valence-electron chi connectivity index (χ2n) is 28.6. The highest BCUT2D eigenvalue weighted by Gasteiger charge is 2.36. The summed E-state index contributed by atoms with van der Waals surface area (Å²) < 4.78 is 12.1. The fraction of sp³-hybridized carbons (Fsp3) is 0.381. The Morgan fingerprint density at radius 1 is 0.491 bits per heavy atom. The maximum Gasteiger partial charge on any atom is 0.318 e. The van der Waals surface area contributed by atoms with Crippen LogP contribution in [0, 0.1) is 0 Å². The molecule has 1 atom stereocenters. The molecule has 9 aromatic rings. The highest BCUT2D eigenvalue weighted by Crippen LogP contribution is 2.41. The molecule has 0 radical (unpaired) electrons. The zero-order valence-corrected chi connectivity index (χ0v) is 61.9. The van der Waals surface area contributed by atoms with Gasteiger partial charge in [0.15, 0.2) is 0 Å². The minimum atomic E-state index is -0.288. The number of hydrogen-bond acceptors (Lipinski definition) is 21. The Kier molecular flexibility index (Phi) is 23.0. The largest absolute Gasteiger partial charge is 0.508 e. The van der Waals surface area contributed by atoms with Gasteiger partial charge in [-0.2, -0.15) is 19.9 Å². The van der Waals surface area contributed by atoms with Crippen molar-refractivity contribution in [2.75, 3.05) is 166 Å². The Morgan fingerprint density at radius 2 is 0.963 bits per heavy atom. The number of nitrogens with two attached hydrogens (primary N) is 1. The Bertz CT molecular complexity index is 4790. The number of fused-ring (bicyclic) bond motifs is 6. The number of ether oxygens (including phenoxy) is 2. The van der Waals surface area contributed by atoms with E-state index in [0.29, 0.717) is 90.6 Å². The van der Waals surface area contributed by atoms with E-state index in [1.807, 2.05) is 89.7 Å². The lowest BCUT2D eigenvalue weighted by molar-refractivity contribution is -0.127. The molecule has 3 aromatic heterocycles. The number of aromatic nitrogens is 5. The number of nitrogen functional groups attached to an aromatic ring is 1. The van der Waals surface area contributed by atoms with Gasteiger partial charge in [0.1, 0.15) is 29.7 Å². The number of pyridine rings is 1. The molecule has 24 heteroatoms. The third kappa shape index (κ3) is 16.3. The first-order valence-electron chi connectivity index (χ1n) is 38.1. The Hall–Kier alpha value is -11.2. The number of rotatable bonds is 17. The fourth-order valence-electron chi connectivity index (χ4n) is 16.2. The number of piperidine rings is 1. The number of benzene rings is 6. The van der Waals surface area contributed by atoms with Crippen LogP contribution < -0.4 is 44.6 Å². The molecule has 1 unspecified atom stereocenters. The zero-order chi connectivity index (χ0) is 74.8. The first-order valence-corrected chi connectivity index (χ1v) is 38.1. The van der Waals surface area contributed by atoms with Crippen LogP contribution in [0.5, 0.6) is 23.5 Å². The highest BCUT2D eigenvalue weighted by molar-refractivity contribution is 5.99. The van der Waals surface area contributed by atoms with E-state index in [2.05, 4.69) is 96.5 Å². The fourth-order valence-corrected chi connectivity index (χ4v) is 16.2. The van der Waals surface area contributed by atoms with Crippen LogP contribution in [-0.4, -0.2) is 215 Å². The van der Waals surface area contributed by atoms with Crippen LogP contribution in [0.2, 0.25) is 0 Å². The molecular formula is C84H98N16O8. The third-order valence-electron chi connectivity index (χ3n) is 21.8. The van der Waals surface area contributed by atoms with E-state index in [-0.39, 0.29) is 41.9 Å². The topological polar surface area (TPSA) is 253 Å². The van der Waals surface area contributed by atoms with Gasteiger partial charge in [0.25, 0.3) is 0 Å². The molecule has 4 saturated heterocycles. The van der Waals surface area contributed by atoms with Crippen LogP contribution in [0.3, 0.4) is 0 Å². The standard InChI is InChI=1S/C31H38N6O3.C28H33N5O4.C25H27N5O/c1-2-29(39)35-14-16-36(17-15-35)30-26-10-13-37(28-21-24(38)20-23-8-4-5-9-25(23)28)22-27(26)32-31(33-30)40-19-18-34-11-6-3-7-12-34;1-3-13-37-28-29-24-17-31(25-15-21(35)14-19-7-5-6-8-22(19)25)10-9-23(24)27(30-28)33-12-11-32(26(36)4-2)16-20(33)18-34;1-2-25(31)29-13-11-28(12-14-29)23-7-9-27-22-17-30(10-8-21(22)23)24-16-19(26)15-18-5-3-4-6-20(18)24/h2,4-5,8-9,20-21,38H,1,3,6-7,10-19,22H2;4-8,14-15,20,34-35H,2-3,9-13,16-18H2,1H3;2-7,9,15-16H,1,8,10-14,17,26H2. The number of piperazine rings is 3. The summed E-state index contributed by atoms with van der Waals surface area (Å²) >= 11 is 0. The van der Waals surface area contributed by atoms with Crippen molar-refractivity contribution in [3.8, 4) is 23.5 Å². The molecule has 5 N–H and O–H groups in total. The summed E-state index contributed by atoms with van der Waals surface area (Å²) in [6, 6.07) is 38.5. The number of amides is 3. The maximum atomic E-state index is 12.2. The quantitative estimate of drug-likeness (QED) is 0.0489. The second kappa shape index (κ2) is 33.7. The average Bonchev–Trinajstić information content (AvgIpc) is 0.774. The van der Waals surface area contributed by atoms with Crippen molar-refractivity contribution >= 4 is 90.1 Å². The molecule has 3 amide bonds. The Labute approximate surface area is 631 Å². The summed E-state index contributed by atoms with van der Waals surface area (Å²) in [7, 11) is 0. The van der Waals surface area contributed by atoms with Gasteiger partial charge in [-0.15, -0.1) is 0 Å². The van der Waals surface area contributed by atoms with Crippen molar-refractivity contribution in [3.63, 3.8) is 0 Å². The molecule has 562 valence electrons. The smallest absolute Gasteiger partial charge is 0.318 e. The summed E-state index contributed by atoms with van der Waals surface area (Å²) in [4.78, 5) is 81.9. The summed E-state index contributed by atoms with van der Waals surface area (Å²) in [5, 5.41) is 37.6. The van der Waals surface area contributed by atoms with Crippen LogP contribution in [0.25, 0.3) is 32.3 Å². The molecular weight excluding hydrogens is 1360 g/mol. The number of carbonyl (C=O) groups is 3. The van der Waals surface area contributed by atoms with Crippen molar-refractivity contribution in [1.29, 1.82) is 0 Å². The van der Waals surface area contributed by atoms with E-state index in [0.717, 1.165) is 175 Å². The first-order chi connectivity index (χ1) is 52.7. The molecule has 7 aliphatic rings. The number of hydrogen-bond donors (Lipinski definition) is 4. The summed E-state index contributed by atoms with van der Waals surface area (Å²) in [6.07, 6.45) is 13.1. The Balaban J connectivity index is 0.000000137. The van der Waals surface area contributed by atoms with Crippen LogP contribution in [-0.2, 0) is 53.3 Å². The van der Waals surface area contributed by atoms with E-state index in [1.165, 1.54) is 59.8 Å². The lowest BCUT2D eigenvalue weighted by atomic mass is 9.99. The first kappa shape index (κ1) is 73.7. The van der Waals surface area contributed by atoms with Crippen LogP contribution in [0.1, 0.15) is 66.4 Å². The number of aliphatic hydroxyl groups excluding tert-OH is 1. The van der Waals surface area contributed by atoms with Gasteiger partial charge in [-0.25, -0.2) is 0 Å². The van der Waals surface area contributed by atoms with Gasteiger partial charge in [-0.05, 0) is 116 Å². The number of aromatic hydroxyl groups is 2. The van der Waals surface area contributed by atoms with Gasteiger partial charge >= 0.3 is 12.0 Å². The van der Waals surface area contributed by atoms with E-state index < -0.39 is 0 Å². The van der Waals surface area contributed by atoms with Gasteiger partial charge in [0.2, 0.25) is 17.7 Å². The number of phenolic OH excluding ortho intramolecular Hbond substituents is 2. The molecule has 24 nitrogen and oxygen atoms in total. The molecule has 6 aromatic carbocycles. The molecule has 108 heavy (non-hydrogen) atoms. The van der Waals surface area contributed by atoms with Crippen molar-refractivity contribution in [2.24, 2.45) is 0 Å². The number of carbonyl (C=O) groups excluding carboxylic acids is 3. The molecule has 16 rings (SSSR count). The molecule has 0 saturated carbocycles. The molecule has 0 spiro atoms. The monoisotopic (exact) mass is 1460 g/mol. The van der Waals surface area contributed by atoms with Crippen LogP contribution in [0.4, 0.5) is 40.1 Å². The normalized spacial score (nSPS) is 17.4. The maximum absolute atomic E-state index is 12.2. The van der Waals surface area contributed by atoms with E-state index in [9.17, 15) is 29.7 Å². The van der Waals surface area contributed by atoms with E-state index >= 15 is 0 Å². The lowest BCUT2D eigenvalue weighted by Crippen LogP contribution is -2.56. The van der Waals surface area contributed by atoms with E-state index in [1.54, 1.807) is 11.0 Å². The van der Waals surface area contributed by atoms with Crippen molar-refractivity contribution in [2.45, 2.75) is 77.5 Å². The minimum absolute atomic E-state index is 0.0152. The molecule has 4 fully saturated rings. The van der Waals surface area contributed by atoms with Crippen LogP contribution in [0.15, 0.2) is 159 Å². The average molecular weight is 1460 g/mol. The second-order valence-corrected chi connectivity index (χ2v) is 28.6. The van der Waals surface area contributed by atoms with Gasteiger partial charge < -0.3 is 74.6 Å². The minimum Gasteiger partial charge on any atom is -0.508 e. The van der Waals surface area contributed by atoms with Gasteiger partial charge in [0.05, 0.1) is 56.0 Å². The lowest BCUT2D eigenvalue weighted by Gasteiger charge is -2.42. The van der Waals surface area contributed by atoms with Crippen LogP contribution >= 0.6 is 0 Å². The Morgan fingerprint density at radius 3 is 1.51 bits per heavy atom. The summed E-state index contributed by atoms with van der Waals surface area (Å²) in [6.45, 7) is 28.6. The van der Waals surface area contributed by atoms with Gasteiger partial charge in [0, 0.05) is 178 Å². The third-order valence-corrected chi connectivity index (χ3v) is 21.8. The SMILES string of the molecule is C=CC(=O)N1CCN(c2ccnc3c2CCN(c2cc(N)cc4ccccc24)C3)CC1.C=CC(=O)N1CCN(c2nc(OCCC)nc3c2CCN(c2cc(O)cc4ccccc24)C3)C(CO)C1.C=CC(=O)N1CCN(c2nc(OCCN3CCCCC3)nc3c2CCN(c2cc(O)cc4ccccc24)C3)CC1. The molecule has 0 aliphatic carbocycles. The number of likely N-dealkylation sites (tertiary alicyclic amines) is 1.